The Kier molecular flexibility index (Phi) is 3.96. The predicted octanol–water partition coefficient (Wildman–Crippen LogP) is 3.79. The molecule has 2 aromatic carbocycles. The minimum Gasteiger partial charge on any atom is -0.504 e. The number of hydrogen-bond donors (Lipinski definition) is 1. The maximum atomic E-state index is 12.3. The molecule has 0 saturated heterocycles. The molecule has 112 valence electrons. The zero-order chi connectivity index (χ0) is 15.5. The number of fused-ring (bicyclic) bond motifs is 1. The maximum absolute atomic E-state index is 12.3. The molecule has 0 radical (unpaired) electrons. The third-order valence-corrected chi connectivity index (χ3v) is 4.01. The number of allylic oxidation sites excluding steroid dienone is 1. The number of ether oxygens (including phenoxy) is 1. The summed E-state index contributed by atoms with van der Waals surface area (Å²) in [5.41, 5.74) is 4.13. The van der Waals surface area contributed by atoms with Crippen LogP contribution in [0, 0.1) is 0 Å². The normalized spacial score (nSPS) is 13.3. The third-order valence-electron chi connectivity index (χ3n) is 4.01. The van der Waals surface area contributed by atoms with E-state index in [-0.39, 0.29) is 11.5 Å². The van der Waals surface area contributed by atoms with Crippen LogP contribution in [0.5, 0.6) is 11.5 Å². The molecule has 1 aliphatic carbocycles. The van der Waals surface area contributed by atoms with E-state index in [1.165, 1.54) is 30.7 Å². The van der Waals surface area contributed by atoms with Gasteiger partial charge < -0.3 is 9.84 Å². The van der Waals surface area contributed by atoms with Crippen molar-refractivity contribution in [1.82, 2.24) is 0 Å². The summed E-state index contributed by atoms with van der Waals surface area (Å²) in [6.45, 7) is 0. The highest BCUT2D eigenvalue weighted by Crippen LogP contribution is 2.27. The predicted molar refractivity (Wildman–Crippen MR) is 86.5 cm³/mol. The molecule has 0 aromatic heterocycles. The van der Waals surface area contributed by atoms with Gasteiger partial charge in [0.25, 0.3) is 0 Å². The first kappa shape index (κ1) is 14.4. The van der Waals surface area contributed by atoms with Gasteiger partial charge in [-0.2, -0.15) is 0 Å². The molecule has 0 bridgehead atoms. The Balaban J connectivity index is 1.77. The lowest BCUT2D eigenvalue weighted by molar-refractivity contribution is 0.104. The van der Waals surface area contributed by atoms with Crippen LogP contribution >= 0.6 is 0 Å². The van der Waals surface area contributed by atoms with Crippen LogP contribution in [0.2, 0.25) is 0 Å². The van der Waals surface area contributed by atoms with Crippen molar-refractivity contribution in [2.45, 2.75) is 19.3 Å². The quantitative estimate of drug-likeness (QED) is 0.689. The van der Waals surface area contributed by atoms with E-state index in [2.05, 4.69) is 6.07 Å². The molecule has 0 fully saturated rings. The van der Waals surface area contributed by atoms with Crippen LogP contribution in [0.25, 0.3) is 6.08 Å². The molecule has 2 aromatic rings. The highest BCUT2D eigenvalue weighted by molar-refractivity contribution is 6.07. The molecule has 3 nitrogen and oxygen atoms in total. The van der Waals surface area contributed by atoms with Gasteiger partial charge in [0.05, 0.1) is 7.11 Å². The van der Waals surface area contributed by atoms with Crippen molar-refractivity contribution in [1.29, 1.82) is 0 Å². The number of benzene rings is 2. The van der Waals surface area contributed by atoms with Gasteiger partial charge in [-0.05, 0) is 60.2 Å². The summed E-state index contributed by atoms with van der Waals surface area (Å²) in [5, 5.41) is 9.74. The van der Waals surface area contributed by atoms with Crippen molar-refractivity contribution in [3.63, 3.8) is 0 Å². The van der Waals surface area contributed by atoms with E-state index in [4.69, 9.17) is 4.74 Å². The topological polar surface area (TPSA) is 46.5 Å². The fourth-order valence-corrected chi connectivity index (χ4v) is 2.80. The second kappa shape index (κ2) is 6.06. The molecule has 1 N–H and O–H groups in total. The Labute approximate surface area is 129 Å². The Morgan fingerprint density at radius 3 is 2.73 bits per heavy atom. The Morgan fingerprint density at radius 2 is 1.95 bits per heavy atom. The summed E-state index contributed by atoms with van der Waals surface area (Å²) in [5.74, 6) is 0.460. The molecule has 0 amide bonds. The number of ketones is 1. The molecule has 0 spiro atoms. The number of aryl methyl sites for hydroxylation is 2. The molecule has 3 heteroatoms. The van der Waals surface area contributed by atoms with Crippen molar-refractivity contribution >= 4 is 11.9 Å². The third kappa shape index (κ3) is 2.89. The van der Waals surface area contributed by atoms with Gasteiger partial charge in [-0.1, -0.05) is 24.3 Å². The first-order valence-corrected chi connectivity index (χ1v) is 7.38. The second-order valence-corrected chi connectivity index (χ2v) is 5.47. The molecular weight excluding hydrogens is 276 g/mol. The number of methoxy groups -OCH3 is 1. The number of aromatic hydroxyl groups is 1. The van der Waals surface area contributed by atoms with Gasteiger partial charge in [-0.25, -0.2) is 0 Å². The lowest BCUT2D eigenvalue weighted by Gasteiger charge is -2.04. The summed E-state index contributed by atoms with van der Waals surface area (Å²) in [7, 11) is 1.50. The van der Waals surface area contributed by atoms with Crippen LogP contribution < -0.4 is 4.74 Å². The van der Waals surface area contributed by atoms with E-state index in [0.29, 0.717) is 5.75 Å². The van der Waals surface area contributed by atoms with Gasteiger partial charge in [0, 0.05) is 5.56 Å². The van der Waals surface area contributed by atoms with E-state index in [9.17, 15) is 9.90 Å². The standard InChI is InChI=1S/C19H18O3/c1-22-19-10-6-13(11-18(19)21)5-9-17(20)16-8-7-14-3-2-4-15(14)12-16/h5-12,21H,2-4H2,1H3/b9-5+. The van der Waals surface area contributed by atoms with Crippen LogP contribution in [0.1, 0.15) is 33.5 Å². The summed E-state index contributed by atoms with van der Waals surface area (Å²) in [6, 6.07) is 11.0. The lowest BCUT2D eigenvalue weighted by Crippen LogP contribution is -1.96. The van der Waals surface area contributed by atoms with Crippen LogP contribution in [0.4, 0.5) is 0 Å². The number of hydrogen-bond acceptors (Lipinski definition) is 3. The summed E-state index contributed by atoms with van der Waals surface area (Å²) in [6.07, 6.45) is 6.60. The fourth-order valence-electron chi connectivity index (χ4n) is 2.80. The number of carbonyl (C=O) groups is 1. The molecule has 0 unspecified atom stereocenters. The molecule has 3 rings (SSSR count). The van der Waals surface area contributed by atoms with E-state index in [1.54, 1.807) is 24.3 Å². The monoisotopic (exact) mass is 294 g/mol. The first-order valence-electron chi connectivity index (χ1n) is 7.38. The molecule has 1 aliphatic rings. The van der Waals surface area contributed by atoms with E-state index < -0.39 is 0 Å². The summed E-state index contributed by atoms with van der Waals surface area (Å²) < 4.78 is 5.00. The van der Waals surface area contributed by atoms with E-state index >= 15 is 0 Å². The summed E-state index contributed by atoms with van der Waals surface area (Å²) in [4.78, 5) is 12.3. The summed E-state index contributed by atoms with van der Waals surface area (Å²) >= 11 is 0. The van der Waals surface area contributed by atoms with Gasteiger partial charge in [0.15, 0.2) is 17.3 Å². The molecule has 0 saturated carbocycles. The molecule has 0 aliphatic heterocycles. The zero-order valence-electron chi connectivity index (χ0n) is 12.5. The number of rotatable bonds is 4. The van der Waals surface area contributed by atoms with Crippen molar-refractivity contribution in [3.8, 4) is 11.5 Å². The van der Waals surface area contributed by atoms with Crippen molar-refractivity contribution in [3.05, 3.63) is 64.7 Å². The van der Waals surface area contributed by atoms with Crippen LogP contribution in [-0.2, 0) is 12.8 Å². The van der Waals surface area contributed by atoms with Crippen LogP contribution in [-0.4, -0.2) is 18.0 Å². The zero-order valence-corrected chi connectivity index (χ0v) is 12.5. The van der Waals surface area contributed by atoms with E-state index in [0.717, 1.165) is 24.0 Å². The van der Waals surface area contributed by atoms with Crippen LogP contribution in [0.3, 0.4) is 0 Å². The minimum absolute atomic E-state index is 0.0231. The Bertz CT molecular complexity index is 744. The average Bonchev–Trinajstić information content (AvgIpc) is 3.00. The Hall–Kier alpha value is -2.55. The molecule has 22 heavy (non-hydrogen) atoms. The van der Waals surface area contributed by atoms with Gasteiger partial charge in [0.1, 0.15) is 0 Å². The highest BCUT2D eigenvalue weighted by Gasteiger charge is 2.12. The van der Waals surface area contributed by atoms with Crippen LogP contribution in [0.15, 0.2) is 42.5 Å². The Morgan fingerprint density at radius 1 is 1.14 bits per heavy atom. The van der Waals surface area contributed by atoms with Gasteiger partial charge in [-0.3, -0.25) is 4.79 Å². The molecular formula is C19H18O3. The highest BCUT2D eigenvalue weighted by atomic mass is 16.5. The molecule has 0 heterocycles. The average molecular weight is 294 g/mol. The van der Waals surface area contributed by atoms with Gasteiger partial charge >= 0.3 is 0 Å². The smallest absolute Gasteiger partial charge is 0.185 e. The van der Waals surface area contributed by atoms with Crippen molar-refractivity contribution in [2.75, 3.05) is 7.11 Å². The van der Waals surface area contributed by atoms with Crippen molar-refractivity contribution < 1.29 is 14.6 Å². The molecule has 0 atom stereocenters. The fraction of sp³-hybridized carbons (Fsp3) is 0.211. The number of carbonyl (C=O) groups excluding carboxylic acids is 1. The second-order valence-electron chi connectivity index (χ2n) is 5.47. The SMILES string of the molecule is COc1ccc(/C=C/C(=O)c2ccc3c(c2)CCC3)cc1O. The number of phenols is 1. The van der Waals surface area contributed by atoms with E-state index in [1.807, 2.05) is 12.1 Å². The maximum Gasteiger partial charge on any atom is 0.185 e. The largest absolute Gasteiger partial charge is 0.504 e. The number of phenolic OH excluding ortho intramolecular Hbond substituents is 1. The van der Waals surface area contributed by atoms with Crippen molar-refractivity contribution in [2.24, 2.45) is 0 Å². The lowest BCUT2D eigenvalue weighted by atomic mass is 10.0. The minimum atomic E-state index is -0.0231. The van der Waals surface area contributed by atoms with Gasteiger partial charge in [-0.15, -0.1) is 0 Å². The van der Waals surface area contributed by atoms with Gasteiger partial charge in [0.2, 0.25) is 0 Å². The first-order chi connectivity index (χ1) is 10.7.